The second-order valence-corrected chi connectivity index (χ2v) is 3.75. The van der Waals surface area contributed by atoms with Gasteiger partial charge in [0.2, 0.25) is 0 Å². The minimum absolute atomic E-state index is 0.211. The maximum Gasteiger partial charge on any atom is 0.188 e. The number of hydrogen-bond donors (Lipinski definition) is 2. The molecule has 0 bridgehead atoms. The van der Waals surface area contributed by atoms with Crippen molar-refractivity contribution < 1.29 is 4.74 Å². The standard InChI is InChI=1S/C8H19N3OS/c1-7(6-12-2)11-8(9)10-4-5-13-3/h7H,4-6H2,1-3H3,(H3,9,10,11). The highest BCUT2D eigenvalue weighted by atomic mass is 32.2. The molecule has 0 aromatic rings. The lowest BCUT2D eigenvalue weighted by molar-refractivity contribution is 0.179. The van der Waals surface area contributed by atoms with Crippen molar-refractivity contribution in [1.29, 1.82) is 0 Å². The summed E-state index contributed by atoms with van der Waals surface area (Å²) in [6.07, 6.45) is 2.05. The number of nitrogens with one attached hydrogen (secondary N) is 1. The lowest BCUT2D eigenvalue weighted by Gasteiger charge is -2.12. The minimum atomic E-state index is 0.211. The fourth-order valence-corrected chi connectivity index (χ4v) is 1.12. The quantitative estimate of drug-likeness (QED) is 0.372. The number of thioether (sulfide) groups is 1. The van der Waals surface area contributed by atoms with E-state index in [0.717, 1.165) is 12.3 Å². The van der Waals surface area contributed by atoms with Crippen LogP contribution in [0.4, 0.5) is 0 Å². The molecule has 0 aromatic heterocycles. The molecule has 78 valence electrons. The van der Waals surface area contributed by atoms with E-state index in [0.29, 0.717) is 12.6 Å². The van der Waals surface area contributed by atoms with Crippen LogP contribution in [-0.4, -0.2) is 44.3 Å². The first-order chi connectivity index (χ1) is 6.20. The van der Waals surface area contributed by atoms with Crippen LogP contribution in [0.1, 0.15) is 6.92 Å². The number of rotatable bonds is 6. The highest BCUT2D eigenvalue weighted by molar-refractivity contribution is 7.98. The van der Waals surface area contributed by atoms with Gasteiger partial charge in [-0.1, -0.05) is 0 Å². The van der Waals surface area contributed by atoms with E-state index in [1.165, 1.54) is 0 Å². The number of ether oxygens (including phenoxy) is 1. The smallest absolute Gasteiger partial charge is 0.188 e. The molecule has 5 heteroatoms. The monoisotopic (exact) mass is 205 g/mol. The average Bonchev–Trinajstić information content (AvgIpc) is 2.05. The molecule has 1 unspecified atom stereocenters. The third kappa shape index (κ3) is 7.93. The summed E-state index contributed by atoms with van der Waals surface area (Å²) in [4.78, 5) is 4.14. The van der Waals surface area contributed by atoms with Gasteiger partial charge in [0, 0.05) is 18.9 Å². The highest BCUT2D eigenvalue weighted by Gasteiger charge is 2.00. The van der Waals surface area contributed by atoms with Gasteiger partial charge < -0.3 is 15.8 Å². The Hall–Kier alpha value is -0.420. The van der Waals surface area contributed by atoms with Crippen molar-refractivity contribution in [2.45, 2.75) is 13.0 Å². The molecule has 0 fully saturated rings. The van der Waals surface area contributed by atoms with Crippen LogP contribution in [0, 0.1) is 0 Å². The van der Waals surface area contributed by atoms with Crippen molar-refractivity contribution in [3.8, 4) is 0 Å². The molecule has 0 heterocycles. The van der Waals surface area contributed by atoms with Crippen LogP contribution < -0.4 is 11.1 Å². The molecule has 0 aliphatic rings. The normalized spacial score (nSPS) is 14.2. The number of aliphatic imine (C=N–C) groups is 1. The topological polar surface area (TPSA) is 59.6 Å². The molecule has 0 aliphatic heterocycles. The van der Waals surface area contributed by atoms with Gasteiger partial charge in [-0.3, -0.25) is 4.99 Å². The molecule has 0 saturated heterocycles. The van der Waals surface area contributed by atoms with Gasteiger partial charge in [-0.2, -0.15) is 11.8 Å². The molecule has 0 rings (SSSR count). The van der Waals surface area contributed by atoms with E-state index in [4.69, 9.17) is 10.5 Å². The molecule has 0 aliphatic carbocycles. The van der Waals surface area contributed by atoms with Crippen LogP contribution >= 0.6 is 11.8 Å². The van der Waals surface area contributed by atoms with Crippen LogP contribution in [0.15, 0.2) is 4.99 Å². The lowest BCUT2D eigenvalue weighted by Crippen LogP contribution is -2.40. The zero-order valence-corrected chi connectivity index (χ0v) is 9.36. The fraction of sp³-hybridized carbons (Fsp3) is 0.875. The first-order valence-electron chi connectivity index (χ1n) is 4.25. The Morgan fingerprint density at radius 3 is 2.92 bits per heavy atom. The van der Waals surface area contributed by atoms with E-state index in [2.05, 4.69) is 10.3 Å². The Labute approximate surface area is 84.3 Å². The molecule has 0 spiro atoms. The van der Waals surface area contributed by atoms with Gasteiger partial charge in [0.1, 0.15) is 0 Å². The number of nitrogens with zero attached hydrogens (tertiary/aromatic N) is 1. The molecular weight excluding hydrogens is 186 g/mol. The second kappa shape index (κ2) is 8.19. The minimum Gasteiger partial charge on any atom is -0.383 e. The third-order valence-electron chi connectivity index (χ3n) is 1.39. The predicted molar refractivity (Wildman–Crippen MR) is 59.3 cm³/mol. The van der Waals surface area contributed by atoms with Crippen LogP contribution in [0.25, 0.3) is 0 Å². The summed E-state index contributed by atoms with van der Waals surface area (Å²) in [7, 11) is 1.67. The van der Waals surface area contributed by atoms with E-state index >= 15 is 0 Å². The summed E-state index contributed by atoms with van der Waals surface area (Å²) in [6.45, 7) is 3.40. The van der Waals surface area contributed by atoms with E-state index < -0.39 is 0 Å². The van der Waals surface area contributed by atoms with Crippen molar-refractivity contribution in [1.82, 2.24) is 5.32 Å². The Kier molecular flexibility index (Phi) is 7.93. The molecule has 13 heavy (non-hydrogen) atoms. The van der Waals surface area contributed by atoms with Gasteiger partial charge >= 0.3 is 0 Å². The van der Waals surface area contributed by atoms with E-state index in [1.807, 2.05) is 13.2 Å². The summed E-state index contributed by atoms with van der Waals surface area (Å²) in [5, 5.41) is 3.03. The number of nitrogens with two attached hydrogens (primary N) is 1. The average molecular weight is 205 g/mol. The first-order valence-corrected chi connectivity index (χ1v) is 5.64. The van der Waals surface area contributed by atoms with Gasteiger partial charge in [-0.15, -0.1) is 0 Å². The van der Waals surface area contributed by atoms with Gasteiger partial charge in [-0.05, 0) is 13.2 Å². The Bertz CT molecular complexity index is 152. The molecule has 0 radical (unpaired) electrons. The van der Waals surface area contributed by atoms with E-state index in [9.17, 15) is 0 Å². The second-order valence-electron chi connectivity index (χ2n) is 2.76. The predicted octanol–water partition coefficient (Wildman–Crippen LogP) is 0.289. The van der Waals surface area contributed by atoms with Crippen molar-refractivity contribution in [2.75, 3.05) is 32.3 Å². The zero-order chi connectivity index (χ0) is 10.1. The molecule has 0 amide bonds. The number of hydrogen-bond acceptors (Lipinski definition) is 3. The van der Waals surface area contributed by atoms with Crippen LogP contribution in [0.3, 0.4) is 0 Å². The van der Waals surface area contributed by atoms with Gasteiger partial charge in [0.15, 0.2) is 5.96 Å². The SMILES string of the molecule is COCC(C)NC(N)=NCCSC. The largest absolute Gasteiger partial charge is 0.383 e. The molecule has 0 aromatic carbocycles. The Morgan fingerprint density at radius 2 is 2.38 bits per heavy atom. The summed E-state index contributed by atoms with van der Waals surface area (Å²) in [6, 6.07) is 0.211. The molecule has 4 nitrogen and oxygen atoms in total. The summed E-state index contributed by atoms with van der Waals surface area (Å²) < 4.78 is 4.95. The van der Waals surface area contributed by atoms with Crippen molar-refractivity contribution in [3.05, 3.63) is 0 Å². The number of methoxy groups -OCH3 is 1. The van der Waals surface area contributed by atoms with E-state index in [1.54, 1.807) is 18.9 Å². The van der Waals surface area contributed by atoms with Gasteiger partial charge in [-0.25, -0.2) is 0 Å². The van der Waals surface area contributed by atoms with Crippen molar-refractivity contribution in [3.63, 3.8) is 0 Å². The molecule has 1 atom stereocenters. The van der Waals surface area contributed by atoms with Crippen LogP contribution in [0.2, 0.25) is 0 Å². The highest BCUT2D eigenvalue weighted by Crippen LogP contribution is 1.89. The lowest BCUT2D eigenvalue weighted by atomic mass is 10.4. The summed E-state index contributed by atoms with van der Waals surface area (Å²) in [5.74, 6) is 1.50. The summed E-state index contributed by atoms with van der Waals surface area (Å²) in [5.41, 5.74) is 5.62. The maximum atomic E-state index is 5.62. The maximum absolute atomic E-state index is 5.62. The Morgan fingerprint density at radius 1 is 1.69 bits per heavy atom. The van der Waals surface area contributed by atoms with Crippen molar-refractivity contribution in [2.24, 2.45) is 10.7 Å². The zero-order valence-electron chi connectivity index (χ0n) is 8.54. The summed E-state index contributed by atoms with van der Waals surface area (Å²) >= 11 is 1.76. The van der Waals surface area contributed by atoms with Gasteiger partial charge in [0.05, 0.1) is 13.2 Å². The first kappa shape index (κ1) is 12.6. The third-order valence-corrected chi connectivity index (χ3v) is 1.98. The van der Waals surface area contributed by atoms with Crippen LogP contribution in [-0.2, 0) is 4.74 Å². The van der Waals surface area contributed by atoms with Crippen LogP contribution in [0.5, 0.6) is 0 Å². The Balaban J connectivity index is 3.58. The molecular formula is C8H19N3OS. The fourth-order valence-electron chi connectivity index (χ4n) is 0.847. The van der Waals surface area contributed by atoms with E-state index in [-0.39, 0.29) is 6.04 Å². The van der Waals surface area contributed by atoms with Gasteiger partial charge in [0.25, 0.3) is 0 Å². The molecule has 0 saturated carbocycles. The van der Waals surface area contributed by atoms with Crippen molar-refractivity contribution >= 4 is 17.7 Å². The number of guanidine groups is 1. The molecule has 3 N–H and O–H groups in total.